The predicted molar refractivity (Wildman–Crippen MR) is 68.5 cm³/mol. The molecule has 0 aliphatic rings. The van der Waals surface area contributed by atoms with Crippen molar-refractivity contribution >= 4 is 16.8 Å². The number of carbonyl (C=O) groups excluding carboxylic acids is 1. The monoisotopic (exact) mass is 237 g/mol. The Kier molecular flexibility index (Phi) is 2.41. The molecule has 0 fully saturated rings. The van der Waals surface area contributed by atoms with Crippen molar-refractivity contribution in [3.8, 4) is 0 Å². The van der Waals surface area contributed by atoms with Crippen LogP contribution in [0.15, 0.2) is 42.6 Å². The topological polar surface area (TPSA) is 58.6 Å². The number of aromatic amines is 1. The van der Waals surface area contributed by atoms with E-state index in [1.807, 2.05) is 25.1 Å². The summed E-state index contributed by atoms with van der Waals surface area (Å²) in [7, 11) is 0. The van der Waals surface area contributed by atoms with E-state index in [9.17, 15) is 4.79 Å². The molecule has 3 aromatic rings. The van der Waals surface area contributed by atoms with E-state index in [0.29, 0.717) is 11.5 Å². The van der Waals surface area contributed by atoms with Crippen LogP contribution in [0.25, 0.3) is 11.0 Å². The first-order chi connectivity index (χ1) is 8.75. The van der Waals surface area contributed by atoms with Crippen LogP contribution in [0.3, 0.4) is 0 Å². The molecular formula is C14H11N3O. The standard InChI is InChI=1S/C14H11N3O/c1-9-5-4-7-10-12(9)17-14(16-10)13(18)11-6-2-3-8-15-11/h2-8H,1H3,(H,16,17). The van der Waals surface area contributed by atoms with Gasteiger partial charge in [-0.1, -0.05) is 18.2 Å². The van der Waals surface area contributed by atoms with E-state index in [1.54, 1.807) is 24.4 Å². The fourth-order valence-corrected chi connectivity index (χ4v) is 1.90. The summed E-state index contributed by atoms with van der Waals surface area (Å²) >= 11 is 0. The van der Waals surface area contributed by atoms with E-state index in [4.69, 9.17) is 0 Å². The molecule has 1 aromatic carbocycles. The van der Waals surface area contributed by atoms with Gasteiger partial charge in [0, 0.05) is 6.20 Å². The average molecular weight is 237 g/mol. The summed E-state index contributed by atoms with van der Waals surface area (Å²) in [6, 6.07) is 11.1. The Labute approximate surface area is 104 Å². The van der Waals surface area contributed by atoms with Crippen LogP contribution in [0.4, 0.5) is 0 Å². The fraction of sp³-hybridized carbons (Fsp3) is 0.0714. The maximum Gasteiger partial charge on any atom is 0.246 e. The highest BCUT2D eigenvalue weighted by Crippen LogP contribution is 2.16. The zero-order valence-electron chi connectivity index (χ0n) is 9.84. The first-order valence-corrected chi connectivity index (χ1v) is 5.67. The van der Waals surface area contributed by atoms with Crippen molar-refractivity contribution in [2.45, 2.75) is 6.92 Å². The highest BCUT2D eigenvalue weighted by atomic mass is 16.1. The van der Waals surface area contributed by atoms with Gasteiger partial charge in [0.2, 0.25) is 5.78 Å². The molecule has 0 unspecified atom stereocenters. The molecule has 2 heterocycles. The second kappa shape index (κ2) is 4.07. The van der Waals surface area contributed by atoms with Gasteiger partial charge in [-0.2, -0.15) is 0 Å². The van der Waals surface area contributed by atoms with Crippen LogP contribution in [0, 0.1) is 6.92 Å². The number of ketones is 1. The van der Waals surface area contributed by atoms with Crippen molar-refractivity contribution in [2.75, 3.05) is 0 Å². The first kappa shape index (κ1) is 10.7. The number of nitrogens with one attached hydrogen (secondary N) is 1. The Balaban J connectivity index is 2.10. The van der Waals surface area contributed by atoms with Crippen LogP contribution >= 0.6 is 0 Å². The number of benzene rings is 1. The first-order valence-electron chi connectivity index (χ1n) is 5.67. The maximum atomic E-state index is 12.2. The van der Waals surface area contributed by atoms with Crippen LogP contribution < -0.4 is 0 Å². The Morgan fingerprint density at radius 1 is 1.17 bits per heavy atom. The number of aryl methyl sites for hydroxylation is 1. The van der Waals surface area contributed by atoms with Gasteiger partial charge >= 0.3 is 0 Å². The minimum atomic E-state index is -0.189. The van der Waals surface area contributed by atoms with Gasteiger partial charge < -0.3 is 4.98 Å². The van der Waals surface area contributed by atoms with E-state index in [2.05, 4.69) is 15.0 Å². The number of nitrogens with zero attached hydrogens (tertiary/aromatic N) is 2. The summed E-state index contributed by atoms with van der Waals surface area (Å²) in [5.74, 6) is 0.143. The van der Waals surface area contributed by atoms with E-state index in [-0.39, 0.29) is 5.78 Å². The van der Waals surface area contributed by atoms with Crippen LogP contribution in [-0.2, 0) is 0 Å². The Morgan fingerprint density at radius 2 is 2.06 bits per heavy atom. The maximum absolute atomic E-state index is 12.2. The number of fused-ring (bicyclic) bond motifs is 1. The Bertz CT molecular complexity index is 716. The minimum absolute atomic E-state index is 0.189. The highest BCUT2D eigenvalue weighted by molar-refractivity contribution is 6.06. The molecule has 2 aromatic heterocycles. The summed E-state index contributed by atoms with van der Waals surface area (Å²) in [5.41, 5.74) is 3.14. The SMILES string of the molecule is Cc1cccc2[nH]c(C(=O)c3ccccn3)nc12. The molecule has 4 nitrogen and oxygen atoms in total. The van der Waals surface area contributed by atoms with Crippen molar-refractivity contribution in [3.05, 3.63) is 59.7 Å². The van der Waals surface area contributed by atoms with Crippen LogP contribution in [0.2, 0.25) is 0 Å². The molecule has 18 heavy (non-hydrogen) atoms. The third kappa shape index (κ3) is 1.68. The minimum Gasteiger partial charge on any atom is -0.335 e. The highest BCUT2D eigenvalue weighted by Gasteiger charge is 2.15. The number of hydrogen-bond acceptors (Lipinski definition) is 3. The van der Waals surface area contributed by atoms with Gasteiger partial charge in [0.1, 0.15) is 5.69 Å². The van der Waals surface area contributed by atoms with Crippen molar-refractivity contribution in [2.24, 2.45) is 0 Å². The van der Waals surface area contributed by atoms with E-state index < -0.39 is 0 Å². The normalized spacial score (nSPS) is 10.7. The number of aromatic nitrogens is 3. The largest absolute Gasteiger partial charge is 0.335 e. The van der Waals surface area contributed by atoms with Gasteiger partial charge in [0.25, 0.3) is 0 Å². The molecule has 1 N–H and O–H groups in total. The molecule has 88 valence electrons. The molecule has 0 saturated heterocycles. The molecule has 0 spiro atoms. The number of H-pyrrole nitrogens is 1. The molecule has 0 aliphatic carbocycles. The van der Waals surface area contributed by atoms with Crippen LogP contribution in [-0.4, -0.2) is 20.7 Å². The zero-order chi connectivity index (χ0) is 12.5. The molecular weight excluding hydrogens is 226 g/mol. The van der Waals surface area contributed by atoms with Crippen LogP contribution in [0.1, 0.15) is 21.9 Å². The Hall–Kier alpha value is -2.49. The number of para-hydroxylation sites is 1. The molecule has 0 bridgehead atoms. The zero-order valence-corrected chi connectivity index (χ0v) is 9.84. The van der Waals surface area contributed by atoms with Gasteiger partial charge in [-0.25, -0.2) is 4.98 Å². The van der Waals surface area contributed by atoms with Gasteiger partial charge in [-0.05, 0) is 30.7 Å². The van der Waals surface area contributed by atoms with Crippen molar-refractivity contribution in [1.29, 1.82) is 0 Å². The molecule has 0 radical (unpaired) electrons. The quantitative estimate of drug-likeness (QED) is 0.696. The predicted octanol–water partition coefficient (Wildman–Crippen LogP) is 2.50. The molecule has 0 aliphatic heterocycles. The summed E-state index contributed by atoms with van der Waals surface area (Å²) in [6.07, 6.45) is 1.60. The fourth-order valence-electron chi connectivity index (χ4n) is 1.90. The third-order valence-electron chi connectivity index (χ3n) is 2.83. The molecule has 4 heteroatoms. The summed E-state index contributed by atoms with van der Waals surface area (Å²) in [4.78, 5) is 23.6. The number of pyridine rings is 1. The second-order valence-electron chi connectivity index (χ2n) is 4.10. The van der Waals surface area contributed by atoms with Gasteiger partial charge in [0.15, 0.2) is 5.82 Å². The lowest BCUT2D eigenvalue weighted by molar-refractivity contribution is 0.102. The van der Waals surface area contributed by atoms with E-state index in [1.165, 1.54) is 0 Å². The molecule has 0 atom stereocenters. The summed E-state index contributed by atoms with van der Waals surface area (Å²) < 4.78 is 0. The van der Waals surface area contributed by atoms with Gasteiger partial charge in [-0.15, -0.1) is 0 Å². The van der Waals surface area contributed by atoms with Crippen molar-refractivity contribution in [1.82, 2.24) is 15.0 Å². The number of rotatable bonds is 2. The van der Waals surface area contributed by atoms with Gasteiger partial charge in [-0.3, -0.25) is 9.78 Å². The van der Waals surface area contributed by atoms with Crippen molar-refractivity contribution in [3.63, 3.8) is 0 Å². The lowest BCUT2D eigenvalue weighted by Crippen LogP contribution is -2.05. The lowest BCUT2D eigenvalue weighted by atomic mass is 10.2. The molecule has 0 saturated carbocycles. The van der Waals surface area contributed by atoms with Gasteiger partial charge in [0.05, 0.1) is 11.0 Å². The summed E-state index contributed by atoms with van der Waals surface area (Å²) in [5, 5.41) is 0. The Morgan fingerprint density at radius 3 is 2.78 bits per heavy atom. The summed E-state index contributed by atoms with van der Waals surface area (Å²) in [6.45, 7) is 1.97. The van der Waals surface area contributed by atoms with Crippen LogP contribution in [0.5, 0.6) is 0 Å². The van der Waals surface area contributed by atoms with E-state index >= 15 is 0 Å². The number of hydrogen-bond donors (Lipinski definition) is 1. The number of imidazole rings is 1. The smallest absolute Gasteiger partial charge is 0.246 e. The van der Waals surface area contributed by atoms with Crippen molar-refractivity contribution < 1.29 is 4.79 Å². The molecule has 3 rings (SSSR count). The van der Waals surface area contributed by atoms with E-state index in [0.717, 1.165) is 16.6 Å². The third-order valence-corrected chi connectivity index (χ3v) is 2.83. The molecule has 0 amide bonds. The number of carbonyl (C=O) groups is 1. The average Bonchev–Trinajstić information content (AvgIpc) is 2.84. The second-order valence-corrected chi connectivity index (χ2v) is 4.10. The lowest BCUT2D eigenvalue weighted by Gasteiger charge is -1.94.